The zero-order valence-corrected chi connectivity index (χ0v) is 9.92. The highest BCUT2D eigenvalue weighted by Gasteiger charge is 2.14. The van der Waals surface area contributed by atoms with Crippen molar-refractivity contribution in [2.45, 2.75) is 6.04 Å². The summed E-state index contributed by atoms with van der Waals surface area (Å²) < 4.78 is 7.01. The van der Waals surface area contributed by atoms with Crippen LogP contribution in [0.15, 0.2) is 36.8 Å². The Balaban J connectivity index is 2.28. The van der Waals surface area contributed by atoms with Crippen molar-refractivity contribution >= 4 is 0 Å². The molecule has 0 amide bonds. The third kappa shape index (κ3) is 2.46. The van der Waals surface area contributed by atoms with Crippen LogP contribution in [-0.4, -0.2) is 16.7 Å². The highest BCUT2D eigenvalue weighted by molar-refractivity contribution is 5.32. The number of benzene rings is 1. The van der Waals surface area contributed by atoms with Gasteiger partial charge in [-0.15, -0.1) is 0 Å². The lowest BCUT2D eigenvalue weighted by Gasteiger charge is -2.14. The molecular formula is C12H16N4O. The molecule has 0 fully saturated rings. The van der Waals surface area contributed by atoms with E-state index in [0.29, 0.717) is 0 Å². The summed E-state index contributed by atoms with van der Waals surface area (Å²) in [5, 5.41) is 0. The average molecular weight is 232 g/mol. The second kappa shape index (κ2) is 4.99. The smallest absolute Gasteiger partial charge is 0.118 e. The zero-order chi connectivity index (χ0) is 12.3. The normalized spacial score (nSPS) is 12.4. The first-order chi connectivity index (χ1) is 8.24. The van der Waals surface area contributed by atoms with Crippen LogP contribution in [0.3, 0.4) is 0 Å². The van der Waals surface area contributed by atoms with Gasteiger partial charge in [0.15, 0.2) is 0 Å². The van der Waals surface area contributed by atoms with Crippen LogP contribution in [0, 0.1) is 0 Å². The molecule has 1 aromatic heterocycles. The predicted octanol–water partition coefficient (Wildman–Crippen LogP) is 0.981. The van der Waals surface area contributed by atoms with Crippen LogP contribution in [0.2, 0.25) is 0 Å². The SMILES string of the molecule is COc1ccc(C(NN)c2cn(C)cn2)cc1. The highest BCUT2D eigenvalue weighted by Crippen LogP contribution is 2.21. The molecule has 0 spiro atoms. The third-order valence-electron chi connectivity index (χ3n) is 2.64. The third-order valence-corrected chi connectivity index (χ3v) is 2.64. The van der Waals surface area contributed by atoms with Gasteiger partial charge in [0.2, 0.25) is 0 Å². The molecule has 5 heteroatoms. The van der Waals surface area contributed by atoms with E-state index in [-0.39, 0.29) is 6.04 Å². The van der Waals surface area contributed by atoms with Gasteiger partial charge in [-0.05, 0) is 17.7 Å². The summed E-state index contributed by atoms with van der Waals surface area (Å²) in [6.07, 6.45) is 3.69. The number of nitrogens with two attached hydrogens (primary N) is 1. The van der Waals surface area contributed by atoms with Crippen LogP contribution in [0.5, 0.6) is 5.75 Å². The maximum absolute atomic E-state index is 5.59. The molecule has 90 valence electrons. The molecular weight excluding hydrogens is 216 g/mol. The molecule has 0 aliphatic rings. The lowest BCUT2D eigenvalue weighted by atomic mass is 10.1. The second-order valence-corrected chi connectivity index (χ2v) is 3.84. The number of hydrogen-bond acceptors (Lipinski definition) is 4. The van der Waals surface area contributed by atoms with E-state index in [1.807, 2.05) is 42.1 Å². The summed E-state index contributed by atoms with van der Waals surface area (Å²) in [5.41, 5.74) is 4.71. The zero-order valence-electron chi connectivity index (χ0n) is 9.92. The summed E-state index contributed by atoms with van der Waals surface area (Å²) in [4.78, 5) is 4.30. The van der Waals surface area contributed by atoms with Crippen LogP contribution in [0.25, 0.3) is 0 Å². The number of methoxy groups -OCH3 is 1. The molecule has 0 saturated carbocycles. The quantitative estimate of drug-likeness (QED) is 0.609. The molecule has 0 aliphatic heterocycles. The standard InChI is InChI=1S/C12H16N4O/c1-16-7-11(14-8-16)12(15-13)9-3-5-10(17-2)6-4-9/h3-8,12,15H,13H2,1-2H3. The van der Waals surface area contributed by atoms with Crippen LogP contribution in [0.1, 0.15) is 17.3 Å². The molecule has 1 aromatic carbocycles. The summed E-state index contributed by atoms with van der Waals surface area (Å²) >= 11 is 0. The van der Waals surface area contributed by atoms with Gasteiger partial charge in [-0.1, -0.05) is 12.1 Å². The molecule has 3 N–H and O–H groups in total. The second-order valence-electron chi connectivity index (χ2n) is 3.84. The Labute approximate surface area is 100 Å². The Morgan fingerprint density at radius 1 is 1.35 bits per heavy atom. The fraction of sp³-hybridized carbons (Fsp3) is 0.250. The molecule has 2 aromatic rings. The highest BCUT2D eigenvalue weighted by atomic mass is 16.5. The molecule has 1 heterocycles. The predicted molar refractivity (Wildman–Crippen MR) is 65.4 cm³/mol. The van der Waals surface area contributed by atoms with Gasteiger partial charge in [0, 0.05) is 13.2 Å². The summed E-state index contributed by atoms with van der Waals surface area (Å²) in [5.74, 6) is 6.41. The van der Waals surface area contributed by atoms with E-state index < -0.39 is 0 Å². The van der Waals surface area contributed by atoms with Crippen molar-refractivity contribution in [3.63, 3.8) is 0 Å². The number of aromatic nitrogens is 2. The lowest BCUT2D eigenvalue weighted by Crippen LogP contribution is -2.29. The van der Waals surface area contributed by atoms with Gasteiger partial charge in [-0.2, -0.15) is 0 Å². The lowest BCUT2D eigenvalue weighted by molar-refractivity contribution is 0.414. The molecule has 1 atom stereocenters. The minimum atomic E-state index is -0.109. The van der Waals surface area contributed by atoms with Gasteiger partial charge in [-0.25, -0.2) is 10.4 Å². The number of nitrogens with zero attached hydrogens (tertiary/aromatic N) is 2. The monoisotopic (exact) mass is 232 g/mol. The molecule has 0 bridgehead atoms. The van der Waals surface area contributed by atoms with Gasteiger partial charge in [0.1, 0.15) is 5.75 Å². The fourth-order valence-corrected chi connectivity index (χ4v) is 1.73. The van der Waals surface area contributed by atoms with E-state index in [1.165, 1.54) is 0 Å². The Bertz CT molecular complexity index is 478. The van der Waals surface area contributed by atoms with Crippen LogP contribution in [-0.2, 0) is 7.05 Å². The van der Waals surface area contributed by atoms with Crippen LogP contribution in [0.4, 0.5) is 0 Å². The van der Waals surface area contributed by atoms with E-state index in [0.717, 1.165) is 17.0 Å². The minimum Gasteiger partial charge on any atom is -0.497 e. The summed E-state index contributed by atoms with van der Waals surface area (Å²) in [7, 11) is 3.57. The molecule has 0 radical (unpaired) electrons. The molecule has 0 saturated heterocycles. The minimum absolute atomic E-state index is 0.109. The summed E-state index contributed by atoms with van der Waals surface area (Å²) in [6, 6.07) is 7.64. The first-order valence-corrected chi connectivity index (χ1v) is 5.32. The average Bonchev–Trinajstić information content (AvgIpc) is 2.78. The number of aryl methyl sites for hydroxylation is 1. The maximum Gasteiger partial charge on any atom is 0.118 e. The Morgan fingerprint density at radius 2 is 2.06 bits per heavy atom. The van der Waals surface area contributed by atoms with Gasteiger partial charge >= 0.3 is 0 Å². The van der Waals surface area contributed by atoms with Crippen LogP contribution < -0.4 is 16.0 Å². The number of hydrazine groups is 1. The van der Waals surface area contributed by atoms with E-state index in [9.17, 15) is 0 Å². The van der Waals surface area contributed by atoms with Crippen molar-refractivity contribution in [3.05, 3.63) is 48.0 Å². The van der Waals surface area contributed by atoms with Crippen molar-refractivity contribution in [1.29, 1.82) is 0 Å². The fourth-order valence-electron chi connectivity index (χ4n) is 1.73. The van der Waals surface area contributed by atoms with Crippen molar-refractivity contribution < 1.29 is 4.74 Å². The first-order valence-electron chi connectivity index (χ1n) is 5.32. The number of imidazole rings is 1. The van der Waals surface area contributed by atoms with Gasteiger partial charge < -0.3 is 9.30 Å². The Hall–Kier alpha value is -1.85. The van der Waals surface area contributed by atoms with Crippen molar-refractivity contribution in [1.82, 2.24) is 15.0 Å². The van der Waals surface area contributed by atoms with E-state index in [1.54, 1.807) is 13.4 Å². The maximum atomic E-state index is 5.59. The van der Waals surface area contributed by atoms with E-state index in [2.05, 4.69) is 10.4 Å². The molecule has 0 aliphatic carbocycles. The Morgan fingerprint density at radius 3 is 2.53 bits per heavy atom. The number of nitrogens with one attached hydrogen (secondary N) is 1. The Kier molecular flexibility index (Phi) is 3.41. The number of hydrogen-bond donors (Lipinski definition) is 2. The number of ether oxygens (including phenoxy) is 1. The molecule has 2 rings (SSSR count). The first kappa shape index (κ1) is 11.6. The van der Waals surface area contributed by atoms with Gasteiger partial charge in [-0.3, -0.25) is 5.84 Å². The van der Waals surface area contributed by atoms with Gasteiger partial charge in [0.05, 0.1) is 25.2 Å². The van der Waals surface area contributed by atoms with E-state index in [4.69, 9.17) is 10.6 Å². The molecule has 5 nitrogen and oxygen atoms in total. The van der Waals surface area contributed by atoms with E-state index >= 15 is 0 Å². The largest absolute Gasteiger partial charge is 0.497 e. The van der Waals surface area contributed by atoms with Crippen molar-refractivity contribution in [2.75, 3.05) is 7.11 Å². The summed E-state index contributed by atoms with van der Waals surface area (Å²) in [6.45, 7) is 0. The molecule has 1 unspecified atom stereocenters. The van der Waals surface area contributed by atoms with Gasteiger partial charge in [0.25, 0.3) is 0 Å². The topological polar surface area (TPSA) is 65.1 Å². The van der Waals surface area contributed by atoms with Crippen LogP contribution >= 0.6 is 0 Å². The number of rotatable bonds is 4. The molecule has 17 heavy (non-hydrogen) atoms. The van der Waals surface area contributed by atoms with Crippen molar-refractivity contribution in [3.8, 4) is 5.75 Å². The van der Waals surface area contributed by atoms with Crippen molar-refractivity contribution in [2.24, 2.45) is 12.9 Å².